The zero-order valence-corrected chi connectivity index (χ0v) is 16.2. The van der Waals surface area contributed by atoms with Crippen LogP contribution < -0.4 is 0 Å². The zero-order chi connectivity index (χ0) is 19.5. The largest absolute Gasteiger partial charge is 0.466 e. The number of rotatable bonds is 6. The van der Waals surface area contributed by atoms with Gasteiger partial charge in [-0.2, -0.15) is 4.31 Å². The molecule has 1 aliphatic rings. The van der Waals surface area contributed by atoms with Gasteiger partial charge in [0.25, 0.3) is 0 Å². The number of sulfonamides is 1. The summed E-state index contributed by atoms with van der Waals surface area (Å²) in [5.41, 5.74) is 0.313. The maximum atomic E-state index is 12.8. The van der Waals surface area contributed by atoms with Crippen LogP contribution in [0.1, 0.15) is 37.6 Å². The Morgan fingerprint density at radius 1 is 1.31 bits per heavy atom. The van der Waals surface area contributed by atoms with Crippen molar-refractivity contribution < 1.29 is 32.0 Å². The van der Waals surface area contributed by atoms with Crippen LogP contribution in [0.4, 0.5) is 0 Å². The Balaban J connectivity index is 2.00. The van der Waals surface area contributed by atoms with Gasteiger partial charge in [0.2, 0.25) is 10.0 Å². The highest BCUT2D eigenvalue weighted by molar-refractivity contribution is 7.89. The van der Waals surface area contributed by atoms with E-state index in [0.29, 0.717) is 25.0 Å². The molecular formula is C16H24N2O7S. The summed E-state index contributed by atoms with van der Waals surface area (Å²) in [6.45, 7) is 5.20. The van der Waals surface area contributed by atoms with E-state index >= 15 is 0 Å². The van der Waals surface area contributed by atoms with Gasteiger partial charge in [-0.1, -0.05) is 12.1 Å². The minimum Gasteiger partial charge on any atom is -0.466 e. The molecule has 26 heavy (non-hydrogen) atoms. The molecule has 0 aliphatic carbocycles. The first kappa shape index (κ1) is 20.4. The minimum absolute atomic E-state index is 0.0789. The number of hydrogen-bond acceptors (Lipinski definition) is 8. The van der Waals surface area contributed by atoms with Crippen molar-refractivity contribution >= 4 is 22.0 Å². The van der Waals surface area contributed by atoms with Gasteiger partial charge >= 0.3 is 11.9 Å². The molecule has 1 aromatic heterocycles. The van der Waals surface area contributed by atoms with Crippen molar-refractivity contribution in [1.29, 1.82) is 0 Å². The fourth-order valence-corrected chi connectivity index (χ4v) is 4.73. The van der Waals surface area contributed by atoms with Crippen molar-refractivity contribution in [3.05, 3.63) is 11.5 Å². The van der Waals surface area contributed by atoms with Crippen molar-refractivity contribution in [2.24, 2.45) is 5.92 Å². The van der Waals surface area contributed by atoms with Crippen LogP contribution in [0.15, 0.2) is 9.42 Å². The molecule has 2 rings (SSSR count). The molecule has 1 aliphatic heterocycles. The highest BCUT2D eigenvalue weighted by atomic mass is 32.2. The Morgan fingerprint density at radius 3 is 2.38 bits per heavy atom. The first-order valence-electron chi connectivity index (χ1n) is 8.43. The number of hydrogen-bond donors (Lipinski definition) is 0. The molecule has 0 unspecified atom stereocenters. The SMILES string of the molecule is CC[C@H](OC(=O)C1CCN(S(=O)(=O)c2c(C)noc2C)CC1)C(=O)OC. The molecule has 0 amide bonds. The molecule has 0 saturated carbocycles. The van der Waals surface area contributed by atoms with Crippen LogP contribution in [0.25, 0.3) is 0 Å². The molecule has 0 bridgehead atoms. The number of carbonyl (C=O) groups excluding carboxylic acids is 2. The standard InChI is InChI=1S/C16H24N2O7S/c1-5-13(16(20)23-4)24-15(19)12-6-8-18(9-7-12)26(21,22)14-10(2)17-25-11(14)3/h12-13H,5-9H2,1-4H3/t13-/m0/s1. The molecule has 0 N–H and O–H groups in total. The van der Waals surface area contributed by atoms with E-state index in [1.165, 1.54) is 11.4 Å². The number of esters is 2. The van der Waals surface area contributed by atoms with Crippen LogP contribution >= 0.6 is 0 Å². The number of carbonyl (C=O) groups is 2. The Bertz CT molecular complexity index is 744. The maximum absolute atomic E-state index is 12.8. The Kier molecular flexibility index (Phi) is 6.40. The fraction of sp³-hybridized carbons (Fsp3) is 0.688. The second-order valence-electron chi connectivity index (χ2n) is 6.19. The van der Waals surface area contributed by atoms with Crippen LogP contribution in [0, 0.1) is 19.8 Å². The topological polar surface area (TPSA) is 116 Å². The summed E-state index contributed by atoms with van der Waals surface area (Å²) in [7, 11) is -2.49. The quantitative estimate of drug-likeness (QED) is 0.667. The van der Waals surface area contributed by atoms with Crippen molar-refractivity contribution in [2.75, 3.05) is 20.2 Å². The van der Waals surface area contributed by atoms with Gasteiger partial charge in [-0.3, -0.25) is 4.79 Å². The number of aryl methyl sites for hydroxylation is 2. The van der Waals surface area contributed by atoms with E-state index in [2.05, 4.69) is 9.89 Å². The lowest BCUT2D eigenvalue weighted by atomic mass is 9.98. The van der Waals surface area contributed by atoms with Gasteiger partial charge in [-0.05, 0) is 33.1 Å². The molecule has 1 aromatic rings. The van der Waals surface area contributed by atoms with E-state index in [9.17, 15) is 18.0 Å². The summed E-state index contributed by atoms with van der Waals surface area (Å²) < 4.78 is 41.6. The molecule has 9 nitrogen and oxygen atoms in total. The first-order valence-corrected chi connectivity index (χ1v) is 9.87. The summed E-state index contributed by atoms with van der Waals surface area (Å²) in [6, 6.07) is 0. The first-order chi connectivity index (χ1) is 12.2. The van der Waals surface area contributed by atoms with Crippen LogP contribution in [-0.2, 0) is 29.1 Å². The number of nitrogens with zero attached hydrogens (tertiary/aromatic N) is 2. The van der Waals surface area contributed by atoms with E-state index in [1.807, 2.05) is 0 Å². The van der Waals surface area contributed by atoms with E-state index in [1.54, 1.807) is 20.8 Å². The van der Waals surface area contributed by atoms with Crippen LogP contribution in [0.3, 0.4) is 0 Å². The van der Waals surface area contributed by atoms with Gasteiger partial charge in [-0.25, -0.2) is 13.2 Å². The molecule has 0 radical (unpaired) electrons. The minimum atomic E-state index is -3.72. The Labute approximate surface area is 152 Å². The highest BCUT2D eigenvalue weighted by Crippen LogP contribution is 2.28. The van der Waals surface area contributed by atoms with E-state index < -0.39 is 34.0 Å². The average molecular weight is 388 g/mol. The van der Waals surface area contributed by atoms with Crippen molar-refractivity contribution in [1.82, 2.24) is 9.46 Å². The monoisotopic (exact) mass is 388 g/mol. The lowest BCUT2D eigenvalue weighted by Gasteiger charge is -2.30. The van der Waals surface area contributed by atoms with Gasteiger partial charge in [-0.15, -0.1) is 0 Å². The third kappa shape index (κ3) is 4.07. The van der Waals surface area contributed by atoms with E-state index in [-0.39, 0.29) is 23.7 Å². The predicted molar refractivity (Wildman–Crippen MR) is 89.6 cm³/mol. The molecule has 1 atom stereocenters. The van der Waals surface area contributed by atoms with Crippen molar-refractivity contribution in [3.63, 3.8) is 0 Å². The number of aromatic nitrogens is 1. The summed E-state index contributed by atoms with van der Waals surface area (Å²) in [4.78, 5) is 23.9. The Hall–Kier alpha value is -1.94. The fourth-order valence-electron chi connectivity index (χ4n) is 2.97. The van der Waals surface area contributed by atoms with Crippen LogP contribution in [0.5, 0.6) is 0 Å². The third-order valence-electron chi connectivity index (χ3n) is 4.45. The van der Waals surface area contributed by atoms with Crippen LogP contribution in [0.2, 0.25) is 0 Å². The number of piperidine rings is 1. The van der Waals surface area contributed by atoms with Crippen molar-refractivity contribution in [2.45, 2.75) is 51.0 Å². The lowest BCUT2D eigenvalue weighted by Crippen LogP contribution is -2.42. The van der Waals surface area contributed by atoms with Crippen molar-refractivity contribution in [3.8, 4) is 0 Å². The number of methoxy groups -OCH3 is 1. The molecule has 0 spiro atoms. The van der Waals surface area contributed by atoms with Gasteiger partial charge in [0.05, 0.1) is 13.0 Å². The van der Waals surface area contributed by atoms with Gasteiger partial charge in [0.15, 0.2) is 11.9 Å². The van der Waals surface area contributed by atoms with Gasteiger partial charge < -0.3 is 14.0 Å². The predicted octanol–water partition coefficient (Wildman–Crippen LogP) is 1.19. The average Bonchev–Trinajstić information content (AvgIpc) is 2.97. The molecule has 10 heteroatoms. The van der Waals surface area contributed by atoms with E-state index in [0.717, 1.165) is 0 Å². The molecule has 0 aromatic carbocycles. The van der Waals surface area contributed by atoms with E-state index in [4.69, 9.17) is 9.26 Å². The molecule has 1 saturated heterocycles. The van der Waals surface area contributed by atoms with Gasteiger partial charge in [0.1, 0.15) is 10.6 Å². The maximum Gasteiger partial charge on any atom is 0.347 e. The summed E-state index contributed by atoms with van der Waals surface area (Å²) in [6.07, 6.45) is 0.0204. The Morgan fingerprint density at radius 2 is 1.92 bits per heavy atom. The normalized spacial score (nSPS) is 17.7. The lowest BCUT2D eigenvalue weighted by molar-refractivity contribution is -0.169. The number of ether oxygens (including phenoxy) is 2. The third-order valence-corrected chi connectivity index (χ3v) is 6.59. The molecule has 146 valence electrons. The zero-order valence-electron chi connectivity index (χ0n) is 15.4. The van der Waals surface area contributed by atoms with Crippen LogP contribution in [-0.4, -0.2) is 56.1 Å². The molecule has 1 fully saturated rings. The second kappa shape index (κ2) is 8.17. The molecular weight excluding hydrogens is 364 g/mol. The highest BCUT2D eigenvalue weighted by Gasteiger charge is 2.36. The van der Waals surface area contributed by atoms with Gasteiger partial charge in [0, 0.05) is 13.1 Å². The summed E-state index contributed by atoms with van der Waals surface area (Å²) in [5.74, 6) is -1.31. The summed E-state index contributed by atoms with van der Waals surface area (Å²) in [5, 5.41) is 3.69. The summed E-state index contributed by atoms with van der Waals surface area (Å²) >= 11 is 0. The smallest absolute Gasteiger partial charge is 0.347 e. The molecule has 2 heterocycles. The second-order valence-corrected chi connectivity index (χ2v) is 8.06.